The van der Waals surface area contributed by atoms with Crippen molar-refractivity contribution in [3.63, 3.8) is 0 Å². The van der Waals surface area contributed by atoms with E-state index >= 15 is 0 Å². The fourth-order valence-electron chi connectivity index (χ4n) is 4.50. The van der Waals surface area contributed by atoms with Gasteiger partial charge in [-0.05, 0) is 64.2 Å². The second kappa shape index (κ2) is 11.5. The van der Waals surface area contributed by atoms with Crippen LogP contribution < -0.4 is 10.6 Å². The first kappa shape index (κ1) is 26.6. The van der Waals surface area contributed by atoms with Crippen LogP contribution in [0.2, 0.25) is 0 Å². The highest BCUT2D eigenvalue weighted by Crippen LogP contribution is 2.36. The minimum atomic E-state index is -0.486. The number of aliphatic imine (C=N–C) groups is 1. The van der Waals surface area contributed by atoms with Crippen LogP contribution in [0.3, 0.4) is 0 Å². The molecule has 7 nitrogen and oxygen atoms in total. The molecule has 0 saturated carbocycles. The van der Waals surface area contributed by atoms with Gasteiger partial charge in [-0.2, -0.15) is 0 Å². The van der Waals surface area contributed by atoms with Gasteiger partial charge in [-0.1, -0.05) is 12.1 Å². The van der Waals surface area contributed by atoms with Crippen LogP contribution >= 0.6 is 24.0 Å². The zero-order chi connectivity index (χ0) is 22.6. The van der Waals surface area contributed by atoms with Gasteiger partial charge in [-0.25, -0.2) is 9.18 Å². The summed E-state index contributed by atoms with van der Waals surface area (Å²) in [6, 6.07) is 6.93. The average molecular weight is 562 g/mol. The van der Waals surface area contributed by atoms with Gasteiger partial charge in [0, 0.05) is 38.8 Å². The Hall–Kier alpha value is -1.62. The maximum Gasteiger partial charge on any atom is 0.410 e. The highest BCUT2D eigenvalue weighted by Gasteiger charge is 2.45. The first-order valence-corrected chi connectivity index (χ1v) is 11.0. The number of piperidine rings is 1. The van der Waals surface area contributed by atoms with E-state index in [9.17, 15) is 9.18 Å². The Morgan fingerprint density at radius 3 is 2.31 bits per heavy atom. The summed E-state index contributed by atoms with van der Waals surface area (Å²) in [5.41, 5.74) is 0.413. The summed E-state index contributed by atoms with van der Waals surface area (Å²) in [6.45, 7) is 6.20. The summed E-state index contributed by atoms with van der Waals surface area (Å²) < 4.78 is 24.4. The number of rotatable bonds is 5. The van der Waals surface area contributed by atoms with Crippen molar-refractivity contribution in [2.45, 2.75) is 76.3 Å². The van der Waals surface area contributed by atoms with Crippen LogP contribution in [0.1, 0.15) is 58.1 Å². The van der Waals surface area contributed by atoms with E-state index in [-0.39, 0.29) is 60.1 Å². The SMILES string of the molecule is CN=C(NCC(OC)c1ccc(F)cc1)NC1CC2CCC(C1)N2C(=O)OC(C)(C)C.I. The Bertz CT molecular complexity index is 770. The van der Waals surface area contributed by atoms with Crippen LogP contribution in [0, 0.1) is 5.82 Å². The molecule has 0 aliphatic carbocycles. The molecule has 0 spiro atoms. The van der Waals surface area contributed by atoms with Crippen molar-refractivity contribution in [2.24, 2.45) is 4.99 Å². The van der Waals surface area contributed by atoms with Crippen LogP contribution in [-0.2, 0) is 9.47 Å². The molecule has 32 heavy (non-hydrogen) atoms. The van der Waals surface area contributed by atoms with Gasteiger partial charge in [-0.15, -0.1) is 24.0 Å². The molecule has 2 bridgehead atoms. The number of hydrogen-bond donors (Lipinski definition) is 2. The summed E-state index contributed by atoms with van der Waals surface area (Å²) in [5.74, 6) is 0.427. The Morgan fingerprint density at radius 2 is 1.81 bits per heavy atom. The molecule has 2 saturated heterocycles. The molecular formula is C23H36FIN4O3. The third-order valence-electron chi connectivity index (χ3n) is 5.88. The second-order valence-corrected chi connectivity index (χ2v) is 9.31. The van der Waals surface area contributed by atoms with Crippen LogP contribution in [0.15, 0.2) is 29.3 Å². The van der Waals surface area contributed by atoms with Gasteiger partial charge in [-0.3, -0.25) is 4.99 Å². The van der Waals surface area contributed by atoms with Gasteiger partial charge in [0.15, 0.2) is 5.96 Å². The highest BCUT2D eigenvalue weighted by atomic mass is 127. The number of fused-ring (bicyclic) bond motifs is 2. The minimum Gasteiger partial charge on any atom is -0.444 e. The number of amides is 1. The molecule has 1 aromatic carbocycles. The molecule has 2 aliphatic rings. The smallest absolute Gasteiger partial charge is 0.410 e. The molecule has 0 radical (unpaired) electrons. The normalized spacial score (nSPS) is 23.9. The molecule has 9 heteroatoms. The van der Waals surface area contributed by atoms with E-state index in [4.69, 9.17) is 9.47 Å². The van der Waals surface area contributed by atoms with E-state index < -0.39 is 5.60 Å². The summed E-state index contributed by atoms with van der Waals surface area (Å²) in [5, 5.41) is 6.81. The molecule has 180 valence electrons. The third kappa shape index (κ3) is 6.94. The van der Waals surface area contributed by atoms with Crippen LogP contribution in [0.25, 0.3) is 0 Å². The number of ether oxygens (including phenoxy) is 2. The lowest BCUT2D eigenvalue weighted by Crippen LogP contribution is -2.55. The summed E-state index contributed by atoms with van der Waals surface area (Å²) in [7, 11) is 3.37. The van der Waals surface area contributed by atoms with Crippen molar-refractivity contribution in [2.75, 3.05) is 20.7 Å². The molecule has 1 amide bonds. The zero-order valence-corrected chi connectivity index (χ0v) is 21.9. The quantitative estimate of drug-likeness (QED) is 0.320. The van der Waals surface area contributed by atoms with E-state index in [1.165, 1.54) is 12.1 Å². The predicted octanol–water partition coefficient (Wildman–Crippen LogP) is 4.23. The minimum absolute atomic E-state index is 0. The molecule has 3 rings (SSSR count). The molecule has 3 atom stereocenters. The van der Waals surface area contributed by atoms with Gasteiger partial charge in [0.2, 0.25) is 0 Å². The van der Waals surface area contributed by atoms with E-state index in [0.717, 1.165) is 31.2 Å². The number of benzene rings is 1. The lowest BCUT2D eigenvalue weighted by atomic mass is 9.98. The first-order valence-electron chi connectivity index (χ1n) is 11.0. The average Bonchev–Trinajstić information content (AvgIpc) is 2.98. The molecule has 1 aromatic rings. The van der Waals surface area contributed by atoms with Crippen LogP contribution in [-0.4, -0.2) is 61.4 Å². The molecule has 2 N–H and O–H groups in total. The number of guanidine groups is 1. The van der Waals surface area contributed by atoms with Crippen molar-refractivity contribution in [3.8, 4) is 0 Å². The van der Waals surface area contributed by atoms with E-state index in [2.05, 4.69) is 15.6 Å². The standard InChI is InChI=1S/C23H35FN4O3.HI/c1-23(2,3)31-22(29)28-18-10-11-19(28)13-17(12-18)27-21(25-4)26-14-20(30-5)15-6-8-16(24)9-7-15;/h6-9,17-20H,10-14H2,1-5H3,(H2,25,26,27);1H. The zero-order valence-electron chi connectivity index (χ0n) is 19.6. The monoisotopic (exact) mass is 562 g/mol. The molecule has 2 heterocycles. The molecule has 3 unspecified atom stereocenters. The fraction of sp³-hybridized carbons (Fsp3) is 0.652. The van der Waals surface area contributed by atoms with E-state index in [0.29, 0.717) is 12.5 Å². The predicted molar refractivity (Wildman–Crippen MR) is 134 cm³/mol. The first-order chi connectivity index (χ1) is 14.7. The fourth-order valence-corrected chi connectivity index (χ4v) is 4.50. The Labute approximate surface area is 207 Å². The third-order valence-corrected chi connectivity index (χ3v) is 5.88. The molecule has 2 aliphatic heterocycles. The summed E-state index contributed by atoms with van der Waals surface area (Å²) >= 11 is 0. The largest absolute Gasteiger partial charge is 0.444 e. The van der Waals surface area contributed by atoms with Crippen LogP contribution in [0.5, 0.6) is 0 Å². The van der Waals surface area contributed by atoms with Gasteiger partial charge >= 0.3 is 6.09 Å². The maximum atomic E-state index is 13.2. The number of halogens is 2. The Kier molecular flexibility index (Phi) is 9.56. The van der Waals surface area contributed by atoms with Crippen molar-refractivity contribution in [1.29, 1.82) is 0 Å². The summed E-state index contributed by atoms with van der Waals surface area (Å²) in [6.07, 6.45) is 3.31. The highest BCUT2D eigenvalue weighted by molar-refractivity contribution is 14.0. The number of methoxy groups -OCH3 is 1. The number of nitrogens with zero attached hydrogens (tertiary/aromatic N) is 2. The van der Waals surface area contributed by atoms with Crippen LogP contribution in [0.4, 0.5) is 9.18 Å². The summed E-state index contributed by atoms with van der Waals surface area (Å²) in [4.78, 5) is 18.9. The Balaban J connectivity index is 0.00000363. The number of carbonyl (C=O) groups is 1. The number of hydrogen-bond acceptors (Lipinski definition) is 4. The van der Waals surface area contributed by atoms with Crippen molar-refractivity contribution in [1.82, 2.24) is 15.5 Å². The molecular weight excluding hydrogens is 526 g/mol. The van der Waals surface area contributed by atoms with Gasteiger partial charge in [0.1, 0.15) is 11.4 Å². The van der Waals surface area contributed by atoms with E-state index in [1.54, 1.807) is 26.3 Å². The topological polar surface area (TPSA) is 75.2 Å². The van der Waals surface area contributed by atoms with Gasteiger partial charge < -0.3 is 25.0 Å². The second-order valence-electron chi connectivity index (χ2n) is 9.31. The van der Waals surface area contributed by atoms with Crippen molar-refractivity contribution < 1.29 is 18.7 Å². The Morgan fingerprint density at radius 1 is 1.22 bits per heavy atom. The van der Waals surface area contributed by atoms with Crippen molar-refractivity contribution >= 4 is 36.0 Å². The molecule has 0 aromatic heterocycles. The lowest BCUT2D eigenvalue weighted by molar-refractivity contribution is 0.00543. The maximum absolute atomic E-state index is 13.2. The van der Waals surface area contributed by atoms with Gasteiger partial charge in [0.25, 0.3) is 0 Å². The number of nitrogens with one attached hydrogen (secondary N) is 2. The van der Waals surface area contributed by atoms with Gasteiger partial charge in [0.05, 0.1) is 6.10 Å². The van der Waals surface area contributed by atoms with Crippen molar-refractivity contribution in [3.05, 3.63) is 35.6 Å². The van der Waals surface area contributed by atoms with E-state index in [1.807, 2.05) is 25.7 Å². The number of carbonyl (C=O) groups excluding carboxylic acids is 1. The lowest BCUT2D eigenvalue weighted by Gasteiger charge is -2.40. The molecule has 2 fully saturated rings.